The van der Waals surface area contributed by atoms with Crippen molar-refractivity contribution in [2.75, 3.05) is 7.05 Å². The quantitative estimate of drug-likeness (QED) is 0.743. The third-order valence-corrected chi connectivity index (χ3v) is 3.12. The zero-order chi connectivity index (χ0) is 10.7. The molecule has 2 nitrogen and oxygen atoms in total. The van der Waals surface area contributed by atoms with E-state index >= 15 is 0 Å². The number of nitrogens with one attached hydrogen (secondary N) is 1. The summed E-state index contributed by atoms with van der Waals surface area (Å²) in [6, 6.07) is 14.0. The van der Waals surface area contributed by atoms with Gasteiger partial charge in [0.05, 0.1) is 0 Å². The van der Waals surface area contributed by atoms with Crippen LogP contribution in [0.1, 0.15) is 0 Å². The Balaban J connectivity index is 2.46. The predicted octanol–water partition coefficient (Wildman–Crippen LogP) is 3.27. The van der Waals surface area contributed by atoms with Crippen molar-refractivity contribution in [1.82, 2.24) is 5.32 Å². The molecule has 0 aliphatic rings. The maximum absolute atomic E-state index is 11.3. The molecule has 76 valence electrons. The van der Waals surface area contributed by atoms with Crippen LogP contribution in [-0.4, -0.2) is 12.3 Å². The number of hydrogen-bond donors (Lipinski definition) is 1. The normalized spacial score (nSPS) is 10.2. The summed E-state index contributed by atoms with van der Waals surface area (Å²) in [6.45, 7) is 0. The second kappa shape index (κ2) is 4.36. The van der Waals surface area contributed by atoms with E-state index in [0.717, 1.165) is 15.7 Å². The summed E-state index contributed by atoms with van der Waals surface area (Å²) >= 11 is 1.22. The highest BCUT2D eigenvalue weighted by molar-refractivity contribution is 8.13. The van der Waals surface area contributed by atoms with Gasteiger partial charge >= 0.3 is 0 Å². The van der Waals surface area contributed by atoms with E-state index in [9.17, 15) is 4.79 Å². The molecule has 2 rings (SSSR count). The number of hydrogen-bond acceptors (Lipinski definition) is 2. The first-order chi connectivity index (χ1) is 7.31. The first-order valence-corrected chi connectivity index (χ1v) is 5.50. The molecule has 0 aliphatic carbocycles. The SMILES string of the molecule is CNC(=O)Sc1cccc2ccccc12. The van der Waals surface area contributed by atoms with Crippen LogP contribution in [0.4, 0.5) is 4.79 Å². The molecule has 15 heavy (non-hydrogen) atoms. The summed E-state index contributed by atoms with van der Waals surface area (Å²) in [4.78, 5) is 12.3. The Bertz CT molecular complexity index is 490. The average molecular weight is 217 g/mol. The summed E-state index contributed by atoms with van der Waals surface area (Å²) in [5, 5.41) is 4.84. The molecule has 0 fully saturated rings. The number of thioether (sulfide) groups is 1. The Kier molecular flexibility index (Phi) is 2.92. The number of carbonyl (C=O) groups excluding carboxylic acids is 1. The molecule has 0 spiro atoms. The van der Waals surface area contributed by atoms with Crippen molar-refractivity contribution < 1.29 is 4.79 Å². The maximum Gasteiger partial charge on any atom is 0.283 e. The van der Waals surface area contributed by atoms with Crippen molar-refractivity contribution in [3.05, 3.63) is 42.5 Å². The molecule has 0 saturated heterocycles. The van der Waals surface area contributed by atoms with E-state index in [-0.39, 0.29) is 5.24 Å². The highest BCUT2D eigenvalue weighted by atomic mass is 32.2. The van der Waals surface area contributed by atoms with E-state index in [1.54, 1.807) is 7.05 Å². The minimum absolute atomic E-state index is 0.0358. The Labute approximate surface area is 92.7 Å². The molecule has 0 unspecified atom stereocenters. The third-order valence-electron chi connectivity index (χ3n) is 2.16. The van der Waals surface area contributed by atoms with Gasteiger partial charge in [-0.1, -0.05) is 36.4 Å². The average Bonchev–Trinajstić information content (AvgIpc) is 2.29. The Hall–Kier alpha value is -1.48. The van der Waals surface area contributed by atoms with Crippen LogP contribution in [0.5, 0.6) is 0 Å². The van der Waals surface area contributed by atoms with Crippen LogP contribution in [0, 0.1) is 0 Å². The lowest BCUT2D eigenvalue weighted by Gasteiger charge is -2.04. The zero-order valence-corrected chi connectivity index (χ0v) is 9.17. The summed E-state index contributed by atoms with van der Waals surface area (Å²) < 4.78 is 0. The molecule has 0 saturated carbocycles. The van der Waals surface area contributed by atoms with Crippen molar-refractivity contribution in [1.29, 1.82) is 0 Å². The second-order valence-corrected chi connectivity index (χ2v) is 4.13. The van der Waals surface area contributed by atoms with Crippen molar-refractivity contribution in [3.63, 3.8) is 0 Å². The topological polar surface area (TPSA) is 29.1 Å². The van der Waals surface area contributed by atoms with Crippen LogP contribution in [0.25, 0.3) is 10.8 Å². The summed E-state index contributed by atoms with van der Waals surface area (Å²) in [7, 11) is 1.64. The smallest absolute Gasteiger partial charge is 0.283 e. The van der Waals surface area contributed by atoms with Crippen molar-refractivity contribution in [2.45, 2.75) is 4.90 Å². The maximum atomic E-state index is 11.3. The highest BCUT2D eigenvalue weighted by Gasteiger charge is 2.05. The molecule has 0 heterocycles. The van der Waals surface area contributed by atoms with Gasteiger partial charge in [-0.2, -0.15) is 0 Å². The Morgan fingerprint density at radius 3 is 2.67 bits per heavy atom. The minimum Gasteiger partial charge on any atom is -0.350 e. The first kappa shape index (κ1) is 10.1. The molecule has 0 aliphatic heterocycles. The Morgan fingerprint density at radius 2 is 1.87 bits per heavy atom. The van der Waals surface area contributed by atoms with Gasteiger partial charge in [0.2, 0.25) is 0 Å². The van der Waals surface area contributed by atoms with Crippen LogP contribution in [-0.2, 0) is 0 Å². The van der Waals surface area contributed by atoms with Gasteiger partial charge in [-0.25, -0.2) is 0 Å². The van der Waals surface area contributed by atoms with Gasteiger partial charge in [-0.3, -0.25) is 4.79 Å². The van der Waals surface area contributed by atoms with E-state index < -0.39 is 0 Å². The van der Waals surface area contributed by atoms with E-state index in [1.165, 1.54) is 11.8 Å². The molecule has 2 aromatic rings. The Morgan fingerprint density at radius 1 is 1.13 bits per heavy atom. The third kappa shape index (κ3) is 2.13. The molecular weight excluding hydrogens is 206 g/mol. The standard InChI is InChI=1S/C12H11NOS/c1-13-12(14)15-11-8-4-6-9-5-2-3-7-10(9)11/h2-8H,1H3,(H,13,14). The molecule has 3 heteroatoms. The fourth-order valence-corrected chi connectivity index (χ4v) is 2.18. The highest BCUT2D eigenvalue weighted by Crippen LogP contribution is 2.27. The molecule has 2 aromatic carbocycles. The van der Waals surface area contributed by atoms with Crippen LogP contribution in [0.2, 0.25) is 0 Å². The van der Waals surface area contributed by atoms with Crippen LogP contribution < -0.4 is 5.32 Å². The molecule has 1 amide bonds. The number of carbonyl (C=O) groups is 1. The molecule has 0 aromatic heterocycles. The lowest BCUT2D eigenvalue weighted by atomic mass is 10.1. The molecule has 0 radical (unpaired) electrons. The van der Waals surface area contributed by atoms with Gasteiger partial charge in [0.1, 0.15) is 0 Å². The minimum atomic E-state index is -0.0358. The number of benzene rings is 2. The van der Waals surface area contributed by atoms with Crippen molar-refractivity contribution >= 4 is 27.8 Å². The van der Waals surface area contributed by atoms with Gasteiger partial charge in [0.25, 0.3) is 5.24 Å². The number of amides is 1. The second-order valence-electron chi connectivity index (χ2n) is 3.12. The first-order valence-electron chi connectivity index (χ1n) is 4.68. The lowest BCUT2D eigenvalue weighted by molar-refractivity contribution is 0.262. The van der Waals surface area contributed by atoms with Gasteiger partial charge < -0.3 is 5.32 Å². The van der Waals surface area contributed by atoms with Gasteiger partial charge in [-0.15, -0.1) is 0 Å². The van der Waals surface area contributed by atoms with Gasteiger partial charge in [0, 0.05) is 11.9 Å². The predicted molar refractivity (Wildman–Crippen MR) is 64.3 cm³/mol. The van der Waals surface area contributed by atoms with Crippen LogP contribution in [0.3, 0.4) is 0 Å². The van der Waals surface area contributed by atoms with Crippen molar-refractivity contribution in [2.24, 2.45) is 0 Å². The van der Waals surface area contributed by atoms with E-state index in [1.807, 2.05) is 42.5 Å². The van der Waals surface area contributed by atoms with E-state index in [4.69, 9.17) is 0 Å². The largest absolute Gasteiger partial charge is 0.350 e. The van der Waals surface area contributed by atoms with Gasteiger partial charge in [-0.05, 0) is 28.6 Å². The molecule has 0 bridgehead atoms. The molecular formula is C12H11NOS. The van der Waals surface area contributed by atoms with Gasteiger partial charge in [0.15, 0.2) is 0 Å². The summed E-state index contributed by atoms with van der Waals surface area (Å²) in [5.74, 6) is 0. The summed E-state index contributed by atoms with van der Waals surface area (Å²) in [5.41, 5.74) is 0. The molecule has 0 atom stereocenters. The van der Waals surface area contributed by atoms with E-state index in [0.29, 0.717) is 0 Å². The van der Waals surface area contributed by atoms with E-state index in [2.05, 4.69) is 5.32 Å². The lowest BCUT2D eigenvalue weighted by Crippen LogP contribution is -2.10. The fourth-order valence-electron chi connectivity index (χ4n) is 1.44. The molecule has 1 N–H and O–H groups in total. The number of fused-ring (bicyclic) bond motifs is 1. The fraction of sp³-hybridized carbons (Fsp3) is 0.0833. The zero-order valence-electron chi connectivity index (χ0n) is 8.36. The number of rotatable bonds is 1. The summed E-state index contributed by atoms with van der Waals surface area (Å²) in [6.07, 6.45) is 0. The van der Waals surface area contributed by atoms with Crippen LogP contribution >= 0.6 is 11.8 Å². The van der Waals surface area contributed by atoms with Crippen LogP contribution in [0.15, 0.2) is 47.4 Å². The van der Waals surface area contributed by atoms with Crippen molar-refractivity contribution in [3.8, 4) is 0 Å². The monoisotopic (exact) mass is 217 g/mol.